The Morgan fingerprint density at radius 2 is 2.12 bits per heavy atom. The Morgan fingerprint density at radius 3 is 2.69 bits per heavy atom. The first-order chi connectivity index (χ1) is 7.90. The molecule has 1 aliphatic carbocycles. The topological polar surface area (TPSA) is 37.8 Å². The molecule has 3 nitrogen and oxygen atoms in total. The summed E-state index contributed by atoms with van der Waals surface area (Å²) in [5, 5.41) is 3.60. The molecule has 88 valence electrons. The van der Waals surface area contributed by atoms with E-state index in [1.54, 1.807) is 6.33 Å². The third-order valence-corrected chi connectivity index (χ3v) is 3.42. The van der Waals surface area contributed by atoms with Crippen LogP contribution < -0.4 is 5.32 Å². The minimum Gasteiger partial charge on any atom is -0.310 e. The van der Waals surface area contributed by atoms with Crippen LogP contribution in [0, 0.1) is 5.92 Å². The molecule has 1 aromatic heterocycles. The maximum atomic E-state index is 4.11. The minimum atomic E-state index is 0.450. The van der Waals surface area contributed by atoms with E-state index in [-0.39, 0.29) is 0 Å². The molecular formula is C13H21N3. The van der Waals surface area contributed by atoms with Crippen LogP contribution in [-0.2, 0) is 0 Å². The van der Waals surface area contributed by atoms with E-state index in [1.807, 2.05) is 12.4 Å². The van der Waals surface area contributed by atoms with Crippen LogP contribution in [0.1, 0.15) is 50.6 Å². The summed E-state index contributed by atoms with van der Waals surface area (Å²) in [7, 11) is 0. The van der Waals surface area contributed by atoms with Crippen molar-refractivity contribution in [3.05, 3.63) is 24.3 Å². The molecule has 16 heavy (non-hydrogen) atoms. The third-order valence-electron chi connectivity index (χ3n) is 3.42. The first-order valence-electron chi connectivity index (χ1n) is 6.38. The third kappa shape index (κ3) is 3.01. The molecule has 0 bridgehead atoms. The molecule has 1 unspecified atom stereocenters. The van der Waals surface area contributed by atoms with E-state index < -0.39 is 0 Å². The summed E-state index contributed by atoms with van der Waals surface area (Å²) in [6.07, 6.45) is 12.1. The van der Waals surface area contributed by atoms with Crippen LogP contribution >= 0.6 is 0 Å². The fraction of sp³-hybridized carbons (Fsp3) is 0.692. The summed E-state index contributed by atoms with van der Waals surface area (Å²) < 4.78 is 0. The van der Waals surface area contributed by atoms with Gasteiger partial charge in [-0.1, -0.05) is 26.2 Å². The largest absolute Gasteiger partial charge is 0.310 e. The lowest BCUT2D eigenvalue weighted by atomic mass is 9.80. The zero-order valence-electron chi connectivity index (χ0n) is 10.0. The second kappa shape index (κ2) is 5.94. The maximum Gasteiger partial charge on any atom is 0.115 e. The Balaban J connectivity index is 1.95. The Bertz CT molecular complexity index is 295. The van der Waals surface area contributed by atoms with E-state index in [9.17, 15) is 0 Å². The minimum absolute atomic E-state index is 0.450. The van der Waals surface area contributed by atoms with Crippen molar-refractivity contribution in [2.45, 2.75) is 45.1 Å². The molecule has 1 fully saturated rings. The van der Waals surface area contributed by atoms with E-state index in [1.165, 1.54) is 37.7 Å². The van der Waals surface area contributed by atoms with Crippen molar-refractivity contribution in [3.8, 4) is 0 Å². The van der Waals surface area contributed by atoms with Crippen molar-refractivity contribution in [1.82, 2.24) is 15.3 Å². The molecule has 1 aliphatic rings. The van der Waals surface area contributed by atoms with E-state index in [4.69, 9.17) is 0 Å². The SMILES string of the molecule is CCCNC(CC1CCC1)c1cncnc1. The van der Waals surface area contributed by atoms with Crippen LogP contribution in [-0.4, -0.2) is 16.5 Å². The lowest BCUT2D eigenvalue weighted by Crippen LogP contribution is -2.26. The summed E-state index contributed by atoms with van der Waals surface area (Å²) >= 11 is 0. The fourth-order valence-electron chi connectivity index (χ4n) is 2.21. The van der Waals surface area contributed by atoms with Gasteiger partial charge in [-0.05, 0) is 25.3 Å². The lowest BCUT2D eigenvalue weighted by Gasteiger charge is -2.30. The Kier molecular flexibility index (Phi) is 4.28. The van der Waals surface area contributed by atoms with E-state index >= 15 is 0 Å². The molecule has 3 heteroatoms. The summed E-state index contributed by atoms with van der Waals surface area (Å²) in [5.74, 6) is 0.912. The molecule has 0 amide bonds. The van der Waals surface area contributed by atoms with Crippen molar-refractivity contribution in [3.63, 3.8) is 0 Å². The first-order valence-corrected chi connectivity index (χ1v) is 6.38. The summed E-state index contributed by atoms with van der Waals surface area (Å²) in [4.78, 5) is 8.23. The van der Waals surface area contributed by atoms with Gasteiger partial charge >= 0.3 is 0 Å². The standard InChI is InChI=1S/C13H21N3/c1-2-6-16-13(7-11-4-3-5-11)12-8-14-10-15-9-12/h8-11,13,16H,2-7H2,1H3. The second-order valence-corrected chi connectivity index (χ2v) is 4.71. The first kappa shape index (κ1) is 11.5. The van der Waals surface area contributed by atoms with Crippen LogP contribution in [0.2, 0.25) is 0 Å². The number of aromatic nitrogens is 2. The maximum absolute atomic E-state index is 4.11. The second-order valence-electron chi connectivity index (χ2n) is 4.71. The summed E-state index contributed by atoms with van der Waals surface area (Å²) in [6, 6.07) is 0.450. The van der Waals surface area contributed by atoms with Gasteiger partial charge in [-0.25, -0.2) is 9.97 Å². The average molecular weight is 219 g/mol. The highest BCUT2D eigenvalue weighted by Gasteiger charge is 2.22. The normalized spacial score (nSPS) is 18.1. The van der Waals surface area contributed by atoms with Crippen LogP contribution in [0.4, 0.5) is 0 Å². The zero-order valence-corrected chi connectivity index (χ0v) is 10.0. The van der Waals surface area contributed by atoms with Crippen molar-refractivity contribution >= 4 is 0 Å². The Hall–Kier alpha value is -0.960. The number of hydrogen-bond acceptors (Lipinski definition) is 3. The van der Waals surface area contributed by atoms with Crippen LogP contribution in [0.25, 0.3) is 0 Å². The number of nitrogens with one attached hydrogen (secondary N) is 1. The van der Waals surface area contributed by atoms with Crippen molar-refractivity contribution in [1.29, 1.82) is 0 Å². The molecule has 1 N–H and O–H groups in total. The van der Waals surface area contributed by atoms with Gasteiger partial charge in [-0.15, -0.1) is 0 Å². The lowest BCUT2D eigenvalue weighted by molar-refractivity contribution is 0.261. The predicted molar refractivity (Wildman–Crippen MR) is 65.0 cm³/mol. The molecule has 1 atom stereocenters. The Morgan fingerprint density at radius 1 is 1.38 bits per heavy atom. The number of hydrogen-bond donors (Lipinski definition) is 1. The highest BCUT2D eigenvalue weighted by atomic mass is 14.9. The van der Waals surface area contributed by atoms with E-state index in [2.05, 4.69) is 22.2 Å². The van der Waals surface area contributed by atoms with Gasteiger partial charge < -0.3 is 5.32 Å². The molecule has 0 aliphatic heterocycles. The van der Waals surface area contributed by atoms with E-state index in [0.29, 0.717) is 6.04 Å². The average Bonchev–Trinajstić information content (AvgIpc) is 2.28. The highest BCUT2D eigenvalue weighted by molar-refractivity contribution is 5.09. The monoisotopic (exact) mass is 219 g/mol. The molecular weight excluding hydrogens is 198 g/mol. The number of rotatable bonds is 6. The van der Waals surface area contributed by atoms with Crippen molar-refractivity contribution in [2.75, 3.05) is 6.54 Å². The fourth-order valence-corrected chi connectivity index (χ4v) is 2.21. The molecule has 1 saturated carbocycles. The predicted octanol–water partition coefficient (Wildman–Crippen LogP) is 2.71. The molecule has 0 spiro atoms. The van der Waals surface area contributed by atoms with Gasteiger partial charge in [0.05, 0.1) is 0 Å². The van der Waals surface area contributed by atoms with Gasteiger partial charge in [0.2, 0.25) is 0 Å². The van der Waals surface area contributed by atoms with Gasteiger partial charge in [0.15, 0.2) is 0 Å². The smallest absolute Gasteiger partial charge is 0.115 e. The molecule has 0 aromatic carbocycles. The molecule has 0 saturated heterocycles. The van der Waals surface area contributed by atoms with Gasteiger partial charge in [-0.2, -0.15) is 0 Å². The van der Waals surface area contributed by atoms with Gasteiger partial charge in [-0.3, -0.25) is 0 Å². The highest BCUT2D eigenvalue weighted by Crippen LogP contribution is 2.34. The zero-order chi connectivity index (χ0) is 11.2. The van der Waals surface area contributed by atoms with Crippen molar-refractivity contribution < 1.29 is 0 Å². The quantitative estimate of drug-likeness (QED) is 0.799. The summed E-state index contributed by atoms with van der Waals surface area (Å²) in [6.45, 7) is 3.28. The van der Waals surface area contributed by atoms with Crippen LogP contribution in [0.5, 0.6) is 0 Å². The van der Waals surface area contributed by atoms with Gasteiger partial charge in [0.25, 0.3) is 0 Å². The van der Waals surface area contributed by atoms with Gasteiger partial charge in [0, 0.05) is 24.0 Å². The summed E-state index contributed by atoms with van der Waals surface area (Å²) in [5.41, 5.74) is 1.24. The molecule has 2 rings (SSSR count). The number of nitrogens with zero attached hydrogens (tertiary/aromatic N) is 2. The molecule has 1 heterocycles. The van der Waals surface area contributed by atoms with Crippen molar-refractivity contribution in [2.24, 2.45) is 5.92 Å². The van der Waals surface area contributed by atoms with E-state index in [0.717, 1.165) is 12.5 Å². The Labute approximate surface area is 97.7 Å². The van der Waals surface area contributed by atoms with Crippen LogP contribution in [0.15, 0.2) is 18.7 Å². The molecule has 0 radical (unpaired) electrons. The van der Waals surface area contributed by atoms with Gasteiger partial charge in [0.1, 0.15) is 6.33 Å². The molecule has 1 aromatic rings. The van der Waals surface area contributed by atoms with Crippen LogP contribution in [0.3, 0.4) is 0 Å².